The molecule has 1 aliphatic heterocycles. The fourth-order valence-corrected chi connectivity index (χ4v) is 3.24. The Labute approximate surface area is 153 Å². The van der Waals surface area contributed by atoms with Crippen LogP contribution in [0.2, 0.25) is 0 Å². The Morgan fingerprint density at radius 1 is 1.46 bits per heavy atom. The highest BCUT2D eigenvalue weighted by molar-refractivity contribution is 7.99. The van der Waals surface area contributed by atoms with E-state index in [0.29, 0.717) is 28.7 Å². The van der Waals surface area contributed by atoms with Crippen LogP contribution in [0.15, 0.2) is 41.0 Å². The molecule has 26 heavy (non-hydrogen) atoms. The van der Waals surface area contributed by atoms with E-state index in [1.807, 2.05) is 6.07 Å². The summed E-state index contributed by atoms with van der Waals surface area (Å²) in [6.45, 7) is 2.14. The van der Waals surface area contributed by atoms with Crippen LogP contribution in [0.1, 0.15) is 18.5 Å². The first-order valence-corrected chi connectivity index (χ1v) is 8.86. The van der Waals surface area contributed by atoms with Crippen molar-refractivity contribution in [1.29, 1.82) is 0 Å². The van der Waals surface area contributed by atoms with E-state index in [0.717, 1.165) is 5.56 Å². The summed E-state index contributed by atoms with van der Waals surface area (Å²) in [6, 6.07) is 2.69. The first-order chi connectivity index (χ1) is 12.6. The number of nitrogens with zero attached hydrogens (tertiary/aromatic N) is 5. The number of rotatable bonds is 6. The zero-order valence-corrected chi connectivity index (χ0v) is 15.1. The number of amides is 3. The third-order valence-electron chi connectivity index (χ3n) is 3.73. The van der Waals surface area contributed by atoms with E-state index in [9.17, 15) is 9.59 Å². The number of carbonyl (C=O) groups excluding carboxylic acids is 2. The monoisotopic (exact) mass is 374 g/mol. The van der Waals surface area contributed by atoms with E-state index < -0.39 is 6.04 Å². The number of allylic oxidation sites excluding steroid dienone is 1. The molecule has 0 bridgehead atoms. The molecule has 0 unspecified atom stereocenters. The minimum atomic E-state index is -0.548. The standard InChI is InChI=1S/C15H18N8O2S/c1-9-11(12(19-14(25)18-9)10-4-3-5-16-8-10)13(24)17-6-7-26-15-20-21-22-23(15)2/h3-5,8,12H,6-7H2,1-2H3,(H,17,24)(H2,18,19,25)/t12-/m0/s1. The third kappa shape index (κ3) is 3.99. The number of hydrogen-bond acceptors (Lipinski definition) is 7. The van der Waals surface area contributed by atoms with Crippen LogP contribution in [0, 0.1) is 0 Å². The Bertz CT molecular complexity index is 835. The van der Waals surface area contributed by atoms with Crippen LogP contribution in [0.3, 0.4) is 0 Å². The minimum Gasteiger partial charge on any atom is -0.351 e. The molecule has 0 radical (unpaired) electrons. The van der Waals surface area contributed by atoms with Crippen molar-refractivity contribution >= 4 is 23.7 Å². The van der Waals surface area contributed by atoms with Crippen molar-refractivity contribution in [3.8, 4) is 0 Å². The van der Waals surface area contributed by atoms with Gasteiger partial charge in [-0.05, 0) is 29.0 Å². The number of hydrogen-bond donors (Lipinski definition) is 3. The highest BCUT2D eigenvalue weighted by atomic mass is 32.2. The number of urea groups is 1. The molecule has 0 aliphatic carbocycles. The normalized spacial score (nSPS) is 16.8. The summed E-state index contributed by atoms with van der Waals surface area (Å²) in [4.78, 5) is 28.6. The zero-order valence-electron chi connectivity index (χ0n) is 14.3. The van der Waals surface area contributed by atoms with Crippen molar-refractivity contribution in [2.24, 2.45) is 7.05 Å². The van der Waals surface area contributed by atoms with Gasteiger partial charge in [0.15, 0.2) is 0 Å². The lowest BCUT2D eigenvalue weighted by Gasteiger charge is -2.28. The number of aryl methyl sites for hydroxylation is 1. The van der Waals surface area contributed by atoms with Gasteiger partial charge >= 0.3 is 6.03 Å². The first kappa shape index (κ1) is 17.9. The second kappa shape index (κ2) is 7.95. The van der Waals surface area contributed by atoms with Crippen LogP contribution in [-0.2, 0) is 11.8 Å². The van der Waals surface area contributed by atoms with Gasteiger partial charge in [0, 0.05) is 37.4 Å². The molecule has 1 aliphatic rings. The van der Waals surface area contributed by atoms with E-state index in [1.165, 1.54) is 11.8 Å². The molecule has 136 valence electrons. The molecular weight excluding hydrogens is 356 g/mol. The van der Waals surface area contributed by atoms with Gasteiger partial charge in [0.05, 0.1) is 11.6 Å². The molecule has 3 heterocycles. The molecule has 0 spiro atoms. The van der Waals surface area contributed by atoms with Gasteiger partial charge in [0.2, 0.25) is 5.16 Å². The molecule has 11 heteroatoms. The molecule has 0 saturated carbocycles. The summed E-state index contributed by atoms with van der Waals surface area (Å²) in [6.07, 6.45) is 3.27. The van der Waals surface area contributed by atoms with Gasteiger partial charge in [0.1, 0.15) is 0 Å². The van der Waals surface area contributed by atoms with E-state index in [-0.39, 0.29) is 11.9 Å². The van der Waals surface area contributed by atoms with E-state index >= 15 is 0 Å². The van der Waals surface area contributed by atoms with Crippen LogP contribution in [0.25, 0.3) is 0 Å². The van der Waals surface area contributed by atoms with Crippen LogP contribution in [-0.4, -0.2) is 49.4 Å². The summed E-state index contributed by atoms with van der Waals surface area (Å²) in [5.41, 5.74) is 1.72. The van der Waals surface area contributed by atoms with Gasteiger partial charge in [-0.1, -0.05) is 17.8 Å². The molecule has 2 aromatic rings. The number of tetrazole rings is 1. The van der Waals surface area contributed by atoms with Gasteiger partial charge in [-0.2, -0.15) is 0 Å². The maximum Gasteiger partial charge on any atom is 0.319 e. The van der Waals surface area contributed by atoms with Crippen molar-refractivity contribution in [2.75, 3.05) is 12.3 Å². The average Bonchev–Trinajstić information content (AvgIpc) is 3.03. The Morgan fingerprint density at radius 3 is 3.00 bits per heavy atom. The smallest absolute Gasteiger partial charge is 0.319 e. The largest absolute Gasteiger partial charge is 0.351 e. The molecule has 1 atom stereocenters. The second-order valence-electron chi connectivity index (χ2n) is 5.55. The van der Waals surface area contributed by atoms with Crippen LogP contribution in [0.4, 0.5) is 4.79 Å². The quantitative estimate of drug-likeness (QED) is 0.485. The molecule has 10 nitrogen and oxygen atoms in total. The molecule has 3 amide bonds. The predicted octanol–water partition coefficient (Wildman–Crippen LogP) is 0.141. The fourth-order valence-electron chi connectivity index (χ4n) is 2.54. The molecule has 3 N–H and O–H groups in total. The van der Waals surface area contributed by atoms with Crippen molar-refractivity contribution in [3.05, 3.63) is 41.4 Å². The maximum absolute atomic E-state index is 12.7. The predicted molar refractivity (Wildman–Crippen MR) is 93.9 cm³/mol. The lowest BCUT2D eigenvalue weighted by Crippen LogP contribution is -2.47. The molecule has 0 fully saturated rings. The Kier molecular flexibility index (Phi) is 5.46. The average molecular weight is 374 g/mol. The van der Waals surface area contributed by atoms with Gasteiger partial charge < -0.3 is 16.0 Å². The molecule has 3 rings (SSSR count). The van der Waals surface area contributed by atoms with Crippen molar-refractivity contribution < 1.29 is 9.59 Å². The molecule has 0 saturated heterocycles. The van der Waals surface area contributed by atoms with Crippen LogP contribution < -0.4 is 16.0 Å². The van der Waals surface area contributed by atoms with Gasteiger partial charge in [-0.15, -0.1) is 5.10 Å². The maximum atomic E-state index is 12.7. The summed E-state index contributed by atoms with van der Waals surface area (Å²) in [5.74, 6) is 0.365. The SMILES string of the molecule is CC1=C(C(=O)NCCSc2nnnn2C)[C@H](c2cccnc2)NC(=O)N1. The Hall–Kier alpha value is -2.95. The number of aromatic nitrogens is 5. The number of carbonyl (C=O) groups is 2. The van der Waals surface area contributed by atoms with Crippen LogP contribution in [0.5, 0.6) is 0 Å². The van der Waals surface area contributed by atoms with Gasteiger partial charge in [0.25, 0.3) is 5.91 Å². The van der Waals surface area contributed by atoms with E-state index in [4.69, 9.17) is 0 Å². The number of pyridine rings is 1. The Balaban J connectivity index is 1.66. The van der Waals surface area contributed by atoms with Gasteiger partial charge in [-0.3, -0.25) is 9.78 Å². The lowest BCUT2D eigenvalue weighted by molar-refractivity contribution is -0.117. The van der Waals surface area contributed by atoms with Crippen molar-refractivity contribution in [3.63, 3.8) is 0 Å². The van der Waals surface area contributed by atoms with E-state index in [1.54, 1.807) is 37.1 Å². The zero-order chi connectivity index (χ0) is 18.5. The topological polar surface area (TPSA) is 127 Å². The lowest BCUT2D eigenvalue weighted by atomic mass is 9.96. The highest BCUT2D eigenvalue weighted by Crippen LogP contribution is 2.26. The Morgan fingerprint density at radius 2 is 2.31 bits per heavy atom. The number of nitrogens with one attached hydrogen (secondary N) is 3. The summed E-state index contributed by atoms with van der Waals surface area (Å²) < 4.78 is 1.57. The molecule has 2 aromatic heterocycles. The third-order valence-corrected chi connectivity index (χ3v) is 4.74. The van der Waals surface area contributed by atoms with Gasteiger partial charge in [-0.25, -0.2) is 9.48 Å². The summed E-state index contributed by atoms with van der Waals surface area (Å²) >= 11 is 1.44. The van der Waals surface area contributed by atoms with Crippen molar-refractivity contribution in [1.82, 2.24) is 41.1 Å². The first-order valence-electron chi connectivity index (χ1n) is 7.88. The number of thioether (sulfide) groups is 1. The summed E-state index contributed by atoms with van der Waals surface area (Å²) in [5, 5.41) is 20.1. The minimum absolute atomic E-state index is 0.249. The molecular formula is C15H18N8O2S. The second-order valence-corrected chi connectivity index (χ2v) is 6.61. The highest BCUT2D eigenvalue weighted by Gasteiger charge is 2.31. The fraction of sp³-hybridized carbons (Fsp3) is 0.333. The van der Waals surface area contributed by atoms with E-state index in [2.05, 4.69) is 36.5 Å². The molecule has 0 aromatic carbocycles. The van der Waals surface area contributed by atoms with Crippen LogP contribution >= 0.6 is 11.8 Å². The summed E-state index contributed by atoms with van der Waals surface area (Å²) in [7, 11) is 1.75. The van der Waals surface area contributed by atoms with Crippen molar-refractivity contribution in [2.45, 2.75) is 18.1 Å².